The molecule has 0 radical (unpaired) electrons. The van der Waals surface area contributed by atoms with Gasteiger partial charge in [-0.25, -0.2) is 0 Å². The van der Waals surface area contributed by atoms with Crippen LogP contribution in [0.15, 0.2) is 24.3 Å². The summed E-state index contributed by atoms with van der Waals surface area (Å²) in [7, 11) is 0. The molecule has 0 saturated carbocycles. The van der Waals surface area contributed by atoms with E-state index in [4.69, 9.17) is 0 Å². The number of ketones is 1. The Morgan fingerprint density at radius 2 is 1.87 bits per heavy atom. The molecule has 2 nitrogen and oxygen atoms in total. The predicted molar refractivity (Wildman–Crippen MR) is 60.2 cm³/mol. The molecule has 1 heterocycles. The molecule has 3 rings (SSSR count). The van der Waals surface area contributed by atoms with Crippen molar-refractivity contribution in [3.8, 4) is 0 Å². The number of hydrogen-bond acceptors (Lipinski definition) is 1. The third-order valence-corrected chi connectivity index (χ3v) is 3.14. The highest BCUT2D eigenvalue weighted by Gasteiger charge is 2.20. The quantitative estimate of drug-likeness (QED) is 0.650. The average molecular weight is 199 g/mol. The zero-order chi connectivity index (χ0) is 10.3. The third-order valence-electron chi connectivity index (χ3n) is 3.14. The minimum Gasteiger partial charge on any atom is -0.358 e. The van der Waals surface area contributed by atoms with Crippen LogP contribution in [0.2, 0.25) is 0 Å². The zero-order valence-electron chi connectivity index (χ0n) is 8.55. The van der Waals surface area contributed by atoms with Crippen molar-refractivity contribution in [2.75, 3.05) is 0 Å². The monoisotopic (exact) mass is 199 g/mol. The topological polar surface area (TPSA) is 32.9 Å². The number of hydrogen-bond donors (Lipinski definition) is 1. The second-order valence-corrected chi connectivity index (χ2v) is 4.15. The Morgan fingerprint density at radius 3 is 2.80 bits per heavy atom. The Bertz CT molecular complexity index is 524. The van der Waals surface area contributed by atoms with Gasteiger partial charge in [0.15, 0.2) is 5.78 Å². The summed E-state index contributed by atoms with van der Waals surface area (Å²) in [6.45, 7) is 0. The molecule has 1 aliphatic rings. The Kier molecular flexibility index (Phi) is 1.88. The van der Waals surface area contributed by atoms with E-state index < -0.39 is 0 Å². The molecule has 0 amide bonds. The lowest BCUT2D eigenvalue weighted by atomic mass is 10.1. The van der Waals surface area contributed by atoms with Gasteiger partial charge in [0.25, 0.3) is 0 Å². The van der Waals surface area contributed by atoms with Gasteiger partial charge in [0.1, 0.15) is 0 Å². The van der Waals surface area contributed by atoms with Crippen molar-refractivity contribution in [3.05, 3.63) is 35.5 Å². The van der Waals surface area contributed by atoms with Crippen molar-refractivity contribution in [1.29, 1.82) is 0 Å². The van der Waals surface area contributed by atoms with Gasteiger partial charge in [-0.3, -0.25) is 4.79 Å². The molecule has 0 fully saturated rings. The van der Waals surface area contributed by atoms with E-state index in [1.165, 1.54) is 0 Å². The molecule has 0 atom stereocenters. The second kappa shape index (κ2) is 3.23. The van der Waals surface area contributed by atoms with Gasteiger partial charge in [-0.2, -0.15) is 0 Å². The number of fused-ring (bicyclic) bond motifs is 3. The molecule has 2 heteroatoms. The van der Waals surface area contributed by atoms with Crippen LogP contribution in [-0.4, -0.2) is 10.8 Å². The largest absolute Gasteiger partial charge is 0.358 e. The number of aromatic nitrogens is 1. The molecule has 76 valence electrons. The molecule has 1 N–H and O–H groups in total. The number of H-pyrrole nitrogens is 1. The molecule has 1 aliphatic carbocycles. The van der Waals surface area contributed by atoms with Gasteiger partial charge >= 0.3 is 0 Å². The highest BCUT2D eigenvalue weighted by molar-refractivity contribution is 6.09. The first-order valence-corrected chi connectivity index (χ1v) is 5.49. The number of carbonyl (C=O) groups is 1. The van der Waals surface area contributed by atoms with Crippen LogP contribution in [0.5, 0.6) is 0 Å². The maximum absolute atomic E-state index is 12.0. The summed E-state index contributed by atoms with van der Waals surface area (Å²) in [5.74, 6) is 0.306. The van der Waals surface area contributed by atoms with Crippen LogP contribution in [0.1, 0.15) is 35.3 Å². The number of carbonyl (C=O) groups excluding carboxylic acids is 1. The van der Waals surface area contributed by atoms with E-state index in [1.54, 1.807) is 0 Å². The lowest BCUT2D eigenvalue weighted by Gasteiger charge is -1.96. The van der Waals surface area contributed by atoms with E-state index in [0.29, 0.717) is 12.2 Å². The summed E-state index contributed by atoms with van der Waals surface area (Å²) in [6, 6.07) is 8.07. The molecule has 0 unspecified atom stereocenters. The Balaban J connectivity index is 2.32. The minimum absolute atomic E-state index is 0.306. The number of nitrogens with one attached hydrogen (secondary N) is 1. The molecular weight excluding hydrogens is 186 g/mol. The summed E-state index contributed by atoms with van der Waals surface area (Å²) in [4.78, 5) is 15.3. The molecule has 0 aliphatic heterocycles. The highest BCUT2D eigenvalue weighted by Crippen LogP contribution is 2.27. The van der Waals surface area contributed by atoms with Crippen LogP contribution in [0, 0.1) is 0 Å². The van der Waals surface area contributed by atoms with Crippen molar-refractivity contribution in [2.45, 2.75) is 25.7 Å². The van der Waals surface area contributed by atoms with Crippen molar-refractivity contribution in [3.63, 3.8) is 0 Å². The van der Waals surface area contributed by atoms with Crippen LogP contribution in [0.25, 0.3) is 10.9 Å². The summed E-state index contributed by atoms with van der Waals surface area (Å²) < 4.78 is 0. The van der Waals surface area contributed by atoms with E-state index >= 15 is 0 Å². The van der Waals surface area contributed by atoms with Crippen LogP contribution in [-0.2, 0) is 6.42 Å². The smallest absolute Gasteiger partial charge is 0.165 e. The fraction of sp³-hybridized carbons (Fsp3) is 0.308. The van der Waals surface area contributed by atoms with Crippen LogP contribution < -0.4 is 0 Å². The van der Waals surface area contributed by atoms with E-state index in [0.717, 1.165) is 41.4 Å². The Labute approximate surface area is 88.3 Å². The summed E-state index contributed by atoms with van der Waals surface area (Å²) >= 11 is 0. The molecule has 1 aromatic carbocycles. The fourth-order valence-electron chi connectivity index (χ4n) is 2.42. The van der Waals surface area contributed by atoms with E-state index in [9.17, 15) is 4.79 Å². The molecular formula is C13H13NO. The van der Waals surface area contributed by atoms with Crippen molar-refractivity contribution < 1.29 is 4.79 Å². The van der Waals surface area contributed by atoms with Crippen LogP contribution >= 0.6 is 0 Å². The summed E-state index contributed by atoms with van der Waals surface area (Å²) in [5.41, 5.74) is 3.18. The Hall–Kier alpha value is -1.57. The predicted octanol–water partition coefficient (Wildman–Crippen LogP) is 3.08. The van der Waals surface area contributed by atoms with Gasteiger partial charge in [0, 0.05) is 28.6 Å². The molecule has 0 spiro atoms. The van der Waals surface area contributed by atoms with Crippen LogP contribution in [0.3, 0.4) is 0 Å². The normalized spacial score (nSPS) is 16.4. The molecule has 1 aromatic heterocycles. The molecule has 0 bridgehead atoms. The first-order chi connectivity index (χ1) is 7.36. The van der Waals surface area contributed by atoms with Gasteiger partial charge in [0.05, 0.1) is 0 Å². The number of Topliss-reactive ketones (excluding diaryl/α,β-unsaturated/α-hetero) is 1. The number of aryl methyl sites for hydroxylation is 1. The third kappa shape index (κ3) is 1.29. The SMILES string of the molecule is O=C1CCCCc2[nH]c3ccccc3c21. The summed E-state index contributed by atoms with van der Waals surface area (Å²) in [5, 5.41) is 1.10. The van der Waals surface area contributed by atoms with Gasteiger partial charge < -0.3 is 4.98 Å². The first kappa shape index (κ1) is 8.72. The van der Waals surface area contributed by atoms with Crippen LogP contribution in [0.4, 0.5) is 0 Å². The maximum Gasteiger partial charge on any atom is 0.165 e. The van der Waals surface area contributed by atoms with E-state index in [-0.39, 0.29) is 0 Å². The van der Waals surface area contributed by atoms with Crippen molar-refractivity contribution in [1.82, 2.24) is 4.98 Å². The van der Waals surface area contributed by atoms with Crippen molar-refractivity contribution in [2.24, 2.45) is 0 Å². The summed E-state index contributed by atoms with van der Waals surface area (Å²) in [6.07, 6.45) is 3.85. The average Bonchev–Trinajstić information content (AvgIpc) is 2.53. The molecule has 0 saturated heterocycles. The van der Waals surface area contributed by atoms with Gasteiger partial charge in [-0.05, 0) is 25.3 Å². The second-order valence-electron chi connectivity index (χ2n) is 4.15. The molecule has 15 heavy (non-hydrogen) atoms. The van der Waals surface area contributed by atoms with Gasteiger partial charge in [-0.1, -0.05) is 18.2 Å². The minimum atomic E-state index is 0.306. The Morgan fingerprint density at radius 1 is 1.07 bits per heavy atom. The van der Waals surface area contributed by atoms with E-state index in [1.807, 2.05) is 24.3 Å². The first-order valence-electron chi connectivity index (χ1n) is 5.49. The van der Waals surface area contributed by atoms with E-state index in [2.05, 4.69) is 4.98 Å². The standard InChI is InChI=1S/C13H13NO/c15-12-8-4-3-7-11-13(12)9-5-1-2-6-10(9)14-11/h1-2,5-6,14H,3-4,7-8H2. The fourth-order valence-corrected chi connectivity index (χ4v) is 2.42. The zero-order valence-corrected chi connectivity index (χ0v) is 8.55. The van der Waals surface area contributed by atoms with Crippen molar-refractivity contribution >= 4 is 16.7 Å². The number of aromatic amines is 1. The number of benzene rings is 1. The lowest BCUT2D eigenvalue weighted by molar-refractivity contribution is 0.0983. The maximum atomic E-state index is 12.0. The van der Waals surface area contributed by atoms with Gasteiger partial charge in [-0.15, -0.1) is 0 Å². The number of rotatable bonds is 0. The van der Waals surface area contributed by atoms with Gasteiger partial charge in [0.2, 0.25) is 0 Å². The highest BCUT2D eigenvalue weighted by atomic mass is 16.1. The number of para-hydroxylation sites is 1. The molecule has 2 aromatic rings. The lowest BCUT2D eigenvalue weighted by Crippen LogP contribution is -1.97.